The van der Waals surface area contributed by atoms with Gasteiger partial charge < -0.3 is 9.84 Å². The monoisotopic (exact) mass is 326 g/mol. The van der Waals surface area contributed by atoms with E-state index >= 15 is 0 Å². The van der Waals surface area contributed by atoms with E-state index in [2.05, 4.69) is 17.5 Å². The zero-order valence-corrected chi connectivity index (χ0v) is 13.6. The van der Waals surface area contributed by atoms with Gasteiger partial charge in [-0.2, -0.15) is 5.10 Å². The summed E-state index contributed by atoms with van der Waals surface area (Å²) in [7, 11) is 1.48. The van der Waals surface area contributed by atoms with Crippen LogP contribution < -0.4 is 10.2 Å². The number of amides is 1. The molecule has 0 bridgehead atoms. The summed E-state index contributed by atoms with van der Waals surface area (Å²) < 4.78 is 4.97. The molecule has 1 aliphatic rings. The van der Waals surface area contributed by atoms with E-state index in [9.17, 15) is 9.90 Å². The number of hydrogen-bond acceptors (Lipinski definition) is 6. The van der Waals surface area contributed by atoms with Crippen LogP contribution in [0.25, 0.3) is 0 Å². The first-order chi connectivity index (χ1) is 10.0. The van der Waals surface area contributed by atoms with Crippen LogP contribution in [0.15, 0.2) is 23.3 Å². The third-order valence-electron chi connectivity index (χ3n) is 2.99. The maximum atomic E-state index is 11.9. The summed E-state index contributed by atoms with van der Waals surface area (Å²) >= 11 is 3.63. The highest BCUT2D eigenvalue weighted by Gasteiger charge is 2.32. The molecule has 0 atom stereocenters. The number of hydrazone groups is 1. The van der Waals surface area contributed by atoms with Gasteiger partial charge in [-0.1, -0.05) is 0 Å². The molecule has 1 fully saturated rings. The van der Waals surface area contributed by atoms with Gasteiger partial charge in [0, 0.05) is 11.5 Å². The standard InChI is InChI=1S/C14H18N2O3S2/c1-14(20-5-6-21-14)8-13(18)16-15-9-10-3-4-11(17)12(7-10)19-2/h3-4,7,9,17H,5-6,8H2,1-2H3,(H,16,18). The molecule has 1 saturated heterocycles. The fourth-order valence-corrected chi connectivity index (χ4v) is 4.77. The number of phenolic OH excluding ortho intramolecular Hbond substituents is 1. The molecule has 0 saturated carbocycles. The Morgan fingerprint density at radius 3 is 2.90 bits per heavy atom. The predicted octanol–water partition coefficient (Wildman–Crippen LogP) is 2.44. The molecule has 1 aliphatic heterocycles. The molecular formula is C14H18N2O3S2. The quantitative estimate of drug-likeness (QED) is 0.642. The first-order valence-corrected chi connectivity index (χ1v) is 8.46. The van der Waals surface area contributed by atoms with Crippen LogP contribution in [0.1, 0.15) is 18.9 Å². The molecule has 1 heterocycles. The van der Waals surface area contributed by atoms with Crippen molar-refractivity contribution in [2.45, 2.75) is 17.4 Å². The van der Waals surface area contributed by atoms with Crippen LogP contribution >= 0.6 is 23.5 Å². The lowest BCUT2D eigenvalue weighted by molar-refractivity contribution is -0.121. The number of rotatable bonds is 5. The largest absolute Gasteiger partial charge is 0.504 e. The number of aromatic hydroxyl groups is 1. The van der Waals surface area contributed by atoms with Crippen LogP contribution in [0.2, 0.25) is 0 Å². The van der Waals surface area contributed by atoms with Gasteiger partial charge in [-0.15, -0.1) is 23.5 Å². The van der Waals surface area contributed by atoms with E-state index in [0.717, 1.165) is 17.1 Å². The van der Waals surface area contributed by atoms with E-state index in [-0.39, 0.29) is 15.7 Å². The van der Waals surface area contributed by atoms with Crippen molar-refractivity contribution in [3.8, 4) is 11.5 Å². The topological polar surface area (TPSA) is 70.9 Å². The number of nitrogens with zero attached hydrogens (tertiary/aromatic N) is 1. The Kier molecular flexibility index (Phi) is 5.41. The van der Waals surface area contributed by atoms with Crippen molar-refractivity contribution in [1.82, 2.24) is 5.43 Å². The average molecular weight is 326 g/mol. The van der Waals surface area contributed by atoms with Crippen molar-refractivity contribution in [2.75, 3.05) is 18.6 Å². The van der Waals surface area contributed by atoms with Crippen molar-refractivity contribution in [2.24, 2.45) is 5.10 Å². The maximum Gasteiger partial charge on any atom is 0.242 e. The number of ether oxygens (including phenoxy) is 1. The molecule has 1 amide bonds. The number of thioether (sulfide) groups is 2. The Hall–Kier alpha value is -1.34. The van der Waals surface area contributed by atoms with Gasteiger partial charge in [-0.25, -0.2) is 5.43 Å². The number of hydrogen-bond donors (Lipinski definition) is 2. The second kappa shape index (κ2) is 7.09. The highest BCUT2D eigenvalue weighted by Crippen LogP contribution is 2.45. The summed E-state index contributed by atoms with van der Waals surface area (Å²) in [6, 6.07) is 4.86. The number of carbonyl (C=O) groups excluding carboxylic acids is 1. The van der Waals surface area contributed by atoms with E-state index < -0.39 is 0 Å². The highest BCUT2D eigenvalue weighted by atomic mass is 32.2. The third kappa shape index (κ3) is 4.57. The molecule has 5 nitrogen and oxygen atoms in total. The molecular weight excluding hydrogens is 308 g/mol. The van der Waals surface area contributed by atoms with Crippen LogP contribution in [0, 0.1) is 0 Å². The van der Waals surface area contributed by atoms with Crippen molar-refractivity contribution < 1.29 is 14.6 Å². The fraction of sp³-hybridized carbons (Fsp3) is 0.429. The van der Waals surface area contributed by atoms with E-state index in [1.807, 2.05) is 23.5 Å². The number of nitrogens with one attached hydrogen (secondary N) is 1. The minimum absolute atomic E-state index is 0.0403. The normalized spacial score (nSPS) is 17.0. The maximum absolute atomic E-state index is 11.9. The molecule has 2 N–H and O–H groups in total. The average Bonchev–Trinajstić information content (AvgIpc) is 2.87. The number of phenols is 1. The van der Waals surface area contributed by atoms with Gasteiger partial charge in [0.1, 0.15) is 0 Å². The van der Waals surface area contributed by atoms with Crippen molar-refractivity contribution in [1.29, 1.82) is 0 Å². The zero-order chi connectivity index (χ0) is 15.3. The van der Waals surface area contributed by atoms with Gasteiger partial charge in [0.25, 0.3) is 0 Å². The third-order valence-corrected chi connectivity index (χ3v) is 6.28. The second-order valence-corrected chi connectivity index (χ2v) is 8.19. The molecule has 0 aromatic heterocycles. The van der Waals surface area contributed by atoms with Crippen molar-refractivity contribution >= 4 is 35.6 Å². The SMILES string of the molecule is COc1cc(C=NNC(=O)CC2(C)SCCS2)ccc1O. The fourth-order valence-electron chi connectivity index (χ4n) is 1.94. The van der Waals surface area contributed by atoms with Crippen LogP contribution in [0.3, 0.4) is 0 Å². The van der Waals surface area contributed by atoms with Gasteiger partial charge in [-0.05, 0) is 30.7 Å². The van der Waals surface area contributed by atoms with E-state index in [0.29, 0.717) is 12.2 Å². The number of benzene rings is 1. The van der Waals surface area contributed by atoms with E-state index in [1.54, 1.807) is 12.1 Å². The van der Waals surface area contributed by atoms with Gasteiger partial charge in [-0.3, -0.25) is 4.79 Å². The van der Waals surface area contributed by atoms with Crippen molar-refractivity contribution in [3.05, 3.63) is 23.8 Å². The molecule has 0 aliphatic carbocycles. The Morgan fingerprint density at radius 2 is 2.24 bits per heavy atom. The molecule has 1 aromatic carbocycles. The Morgan fingerprint density at radius 1 is 1.52 bits per heavy atom. The van der Waals surface area contributed by atoms with Crippen LogP contribution in [-0.4, -0.2) is 39.9 Å². The minimum atomic E-state index is -0.0959. The summed E-state index contributed by atoms with van der Waals surface area (Å²) in [6.07, 6.45) is 1.97. The Labute approximate surface area is 132 Å². The second-order valence-electron chi connectivity index (χ2n) is 4.73. The molecule has 2 rings (SSSR count). The van der Waals surface area contributed by atoms with Crippen LogP contribution in [0.5, 0.6) is 11.5 Å². The van der Waals surface area contributed by atoms with Gasteiger partial charge >= 0.3 is 0 Å². The Bertz CT molecular complexity index is 543. The Balaban J connectivity index is 1.88. The molecule has 7 heteroatoms. The zero-order valence-electron chi connectivity index (χ0n) is 12.0. The lowest BCUT2D eigenvalue weighted by Crippen LogP contribution is -2.26. The number of carbonyl (C=O) groups is 1. The highest BCUT2D eigenvalue weighted by molar-refractivity contribution is 8.21. The number of methoxy groups -OCH3 is 1. The van der Waals surface area contributed by atoms with Crippen molar-refractivity contribution in [3.63, 3.8) is 0 Å². The summed E-state index contributed by atoms with van der Waals surface area (Å²) in [4.78, 5) is 11.9. The summed E-state index contributed by atoms with van der Waals surface area (Å²) in [5.41, 5.74) is 3.27. The lowest BCUT2D eigenvalue weighted by Gasteiger charge is -2.19. The molecule has 114 valence electrons. The summed E-state index contributed by atoms with van der Waals surface area (Å²) in [5.74, 6) is 2.52. The first kappa shape index (κ1) is 16.0. The van der Waals surface area contributed by atoms with Crippen LogP contribution in [-0.2, 0) is 4.79 Å². The smallest absolute Gasteiger partial charge is 0.242 e. The molecule has 1 aromatic rings. The van der Waals surface area contributed by atoms with E-state index in [1.165, 1.54) is 19.4 Å². The summed E-state index contributed by atoms with van der Waals surface area (Å²) in [6.45, 7) is 2.09. The molecule has 0 unspecified atom stereocenters. The molecule has 0 spiro atoms. The molecule has 21 heavy (non-hydrogen) atoms. The van der Waals surface area contributed by atoms with Gasteiger partial charge in [0.15, 0.2) is 11.5 Å². The minimum Gasteiger partial charge on any atom is -0.504 e. The molecule has 0 radical (unpaired) electrons. The first-order valence-electron chi connectivity index (χ1n) is 6.49. The predicted molar refractivity (Wildman–Crippen MR) is 88.3 cm³/mol. The lowest BCUT2D eigenvalue weighted by atomic mass is 10.2. The van der Waals surface area contributed by atoms with Crippen LogP contribution in [0.4, 0.5) is 0 Å². The van der Waals surface area contributed by atoms with Gasteiger partial charge in [0.2, 0.25) is 5.91 Å². The summed E-state index contributed by atoms with van der Waals surface area (Å²) in [5, 5.41) is 13.4. The van der Waals surface area contributed by atoms with E-state index in [4.69, 9.17) is 4.74 Å². The van der Waals surface area contributed by atoms with Gasteiger partial charge in [0.05, 0.1) is 23.8 Å².